The van der Waals surface area contributed by atoms with E-state index >= 15 is 0 Å². The Hall–Kier alpha value is -1.80. The van der Waals surface area contributed by atoms with Gasteiger partial charge in [0, 0.05) is 24.8 Å². The predicted octanol–water partition coefficient (Wildman–Crippen LogP) is 6.41. The summed E-state index contributed by atoms with van der Waals surface area (Å²) in [7, 11) is -1.82. The maximum Gasteiger partial charge on any atom is 0.416 e. The molecule has 12 heteroatoms. The van der Waals surface area contributed by atoms with E-state index in [9.17, 15) is 27.9 Å². The topological polar surface area (TPSA) is 78.7 Å². The van der Waals surface area contributed by atoms with Gasteiger partial charge in [-0.15, -0.1) is 0 Å². The van der Waals surface area contributed by atoms with Crippen molar-refractivity contribution in [2.24, 2.45) is 0 Å². The van der Waals surface area contributed by atoms with Gasteiger partial charge in [0.2, 0.25) is 8.03 Å². The minimum Gasteiger partial charge on any atom is -0.454 e. The van der Waals surface area contributed by atoms with Gasteiger partial charge < -0.3 is 9.26 Å². The molecule has 0 spiro atoms. The van der Waals surface area contributed by atoms with E-state index in [1.807, 2.05) is 6.92 Å². The van der Waals surface area contributed by atoms with Crippen LogP contribution in [0.3, 0.4) is 0 Å². The van der Waals surface area contributed by atoms with Crippen LogP contribution >= 0.6 is 31.2 Å². The van der Waals surface area contributed by atoms with E-state index in [2.05, 4.69) is 0 Å². The molecule has 0 aliphatic carbocycles. The maximum atomic E-state index is 12.9. The lowest BCUT2D eigenvalue weighted by atomic mass is 10.1. The lowest BCUT2D eigenvalue weighted by molar-refractivity contribution is -0.383. The second-order valence-corrected chi connectivity index (χ2v) is 8.18. The van der Waals surface area contributed by atoms with E-state index in [0.29, 0.717) is 30.5 Å². The number of benzene rings is 2. The molecular weight excluding hydrogens is 457 g/mol. The molecule has 0 heterocycles. The van der Waals surface area contributed by atoms with Gasteiger partial charge in [0.15, 0.2) is 5.75 Å². The van der Waals surface area contributed by atoms with Crippen molar-refractivity contribution in [3.8, 4) is 11.5 Å². The Morgan fingerprint density at radius 2 is 1.76 bits per heavy atom. The first-order valence-corrected chi connectivity index (χ1v) is 10.2. The molecule has 0 bridgehead atoms. The van der Waals surface area contributed by atoms with Crippen LogP contribution in [0.4, 0.5) is 18.9 Å². The lowest BCUT2D eigenvalue weighted by Gasteiger charge is -2.16. The third-order valence-electron chi connectivity index (χ3n) is 3.84. The maximum absolute atomic E-state index is 12.9. The van der Waals surface area contributed by atoms with Gasteiger partial charge in [-0.05, 0) is 18.6 Å². The molecule has 2 aromatic carbocycles. The van der Waals surface area contributed by atoms with Crippen LogP contribution in [0.2, 0.25) is 10.0 Å². The number of nitrogens with zero attached hydrogens (tertiary/aromatic N) is 1. The van der Waals surface area contributed by atoms with Crippen LogP contribution in [0.25, 0.3) is 0 Å². The van der Waals surface area contributed by atoms with Crippen molar-refractivity contribution in [1.29, 1.82) is 0 Å². The highest BCUT2D eigenvalue weighted by Crippen LogP contribution is 2.43. The predicted molar refractivity (Wildman–Crippen MR) is 104 cm³/mol. The quantitative estimate of drug-likeness (QED) is 0.264. The van der Waals surface area contributed by atoms with Crippen LogP contribution in [0, 0.1) is 10.1 Å². The molecule has 29 heavy (non-hydrogen) atoms. The zero-order valence-corrected chi connectivity index (χ0v) is 17.6. The van der Waals surface area contributed by atoms with Crippen molar-refractivity contribution in [3.63, 3.8) is 0 Å². The summed E-state index contributed by atoms with van der Waals surface area (Å²) >= 11 is 11.9. The Labute approximate surface area is 174 Å². The smallest absolute Gasteiger partial charge is 0.416 e. The lowest BCUT2D eigenvalue weighted by Crippen LogP contribution is -2.09. The number of aryl methyl sites for hydroxylation is 1. The van der Waals surface area contributed by atoms with E-state index < -0.39 is 40.4 Å². The van der Waals surface area contributed by atoms with Gasteiger partial charge >= 0.3 is 6.18 Å². The normalized spacial score (nSPS) is 12.7. The molecule has 0 amide bonds. The van der Waals surface area contributed by atoms with Crippen LogP contribution in [0.1, 0.15) is 24.5 Å². The van der Waals surface area contributed by atoms with Crippen LogP contribution in [-0.4, -0.2) is 12.0 Å². The van der Waals surface area contributed by atoms with Crippen LogP contribution in [0.15, 0.2) is 24.3 Å². The zero-order chi connectivity index (χ0) is 21.9. The second-order valence-electron chi connectivity index (χ2n) is 5.84. The van der Waals surface area contributed by atoms with Crippen LogP contribution in [0.5, 0.6) is 11.5 Å². The number of nitro benzene ring substituents is 1. The summed E-state index contributed by atoms with van der Waals surface area (Å²) in [4.78, 5) is 10.6. The first kappa shape index (κ1) is 23.5. The van der Waals surface area contributed by atoms with Gasteiger partial charge in [-0.3, -0.25) is 14.7 Å². The molecule has 0 aliphatic rings. The highest BCUT2D eigenvalue weighted by Gasteiger charge is 2.32. The third kappa shape index (κ3) is 5.42. The molecule has 0 saturated heterocycles. The fourth-order valence-corrected chi connectivity index (χ4v) is 3.93. The molecule has 0 saturated carbocycles. The average Bonchev–Trinajstić information content (AvgIpc) is 2.63. The summed E-state index contributed by atoms with van der Waals surface area (Å²) in [6, 6.07) is 3.68. The molecule has 0 N–H and O–H groups in total. The molecule has 2 rings (SSSR count). The van der Waals surface area contributed by atoms with Gasteiger partial charge in [0.25, 0.3) is 5.69 Å². The fourth-order valence-electron chi connectivity index (χ4n) is 2.53. The highest BCUT2D eigenvalue weighted by molar-refractivity contribution is 7.48. The molecule has 1 unspecified atom stereocenters. The van der Waals surface area contributed by atoms with Crippen molar-refractivity contribution in [3.05, 3.63) is 55.6 Å². The van der Waals surface area contributed by atoms with Crippen molar-refractivity contribution in [2.45, 2.75) is 25.9 Å². The number of halogens is 5. The van der Waals surface area contributed by atoms with Gasteiger partial charge in [-0.1, -0.05) is 36.5 Å². The standard InChI is InChI=1S/C17H15Cl2F3NO5P/c1-3-4-9-5-13(23(24)25)15(29(26)27-2)8-14(9)28-16-11(18)6-10(7-12(16)19)17(20,21)22/h5-8,29H,3-4H2,1-2H3. The molecular formula is C17H15Cl2F3NO5P. The Bertz CT molecular complexity index is 946. The number of hydrogen-bond acceptors (Lipinski definition) is 5. The molecule has 0 fully saturated rings. The number of alkyl halides is 3. The Kier molecular flexibility index (Phi) is 7.56. The summed E-state index contributed by atoms with van der Waals surface area (Å²) in [5.74, 6) is -0.220. The largest absolute Gasteiger partial charge is 0.454 e. The second kappa shape index (κ2) is 9.34. The zero-order valence-electron chi connectivity index (χ0n) is 15.1. The summed E-state index contributed by atoms with van der Waals surface area (Å²) in [5.41, 5.74) is -1.08. The van der Waals surface area contributed by atoms with Crippen LogP contribution < -0.4 is 10.0 Å². The van der Waals surface area contributed by atoms with Crippen molar-refractivity contribution in [2.75, 3.05) is 7.11 Å². The molecule has 1 atom stereocenters. The molecule has 0 radical (unpaired) electrons. The van der Waals surface area contributed by atoms with E-state index in [4.69, 9.17) is 32.5 Å². The van der Waals surface area contributed by atoms with Gasteiger partial charge in [0.05, 0.1) is 20.5 Å². The van der Waals surface area contributed by atoms with Crippen molar-refractivity contribution in [1.82, 2.24) is 0 Å². The van der Waals surface area contributed by atoms with Crippen LogP contribution in [-0.2, 0) is 21.7 Å². The first-order chi connectivity index (χ1) is 13.5. The first-order valence-electron chi connectivity index (χ1n) is 8.13. The summed E-state index contributed by atoms with van der Waals surface area (Å²) in [6.07, 6.45) is -3.72. The third-order valence-corrected chi connectivity index (χ3v) is 5.61. The minimum absolute atomic E-state index is 0.0337. The van der Waals surface area contributed by atoms with E-state index in [1.165, 1.54) is 6.07 Å². The fraction of sp³-hybridized carbons (Fsp3) is 0.294. The SMILES string of the molecule is CCCc1cc([N+](=O)[O-])c([PH](=O)OC)cc1Oc1c(Cl)cc(C(F)(F)F)cc1Cl. The molecule has 6 nitrogen and oxygen atoms in total. The number of ether oxygens (including phenoxy) is 1. The van der Waals surface area contributed by atoms with Gasteiger partial charge in [-0.2, -0.15) is 13.2 Å². The molecule has 0 aromatic heterocycles. The van der Waals surface area contributed by atoms with Crippen molar-refractivity contribution >= 4 is 42.2 Å². The highest BCUT2D eigenvalue weighted by atomic mass is 35.5. The Balaban J connectivity index is 2.62. The Morgan fingerprint density at radius 3 is 2.21 bits per heavy atom. The number of rotatable bonds is 7. The summed E-state index contributed by atoms with van der Waals surface area (Å²) in [6.45, 7) is 1.82. The van der Waals surface area contributed by atoms with E-state index in [0.717, 1.165) is 13.2 Å². The number of nitro groups is 1. The monoisotopic (exact) mass is 471 g/mol. The number of hydrogen-bond donors (Lipinski definition) is 0. The van der Waals surface area contributed by atoms with E-state index in [1.54, 1.807) is 0 Å². The van der Waals surface area contributed by atoms with E-state index in [-0.39, 0.29) is 16.8 Å². The van der Waals surface area contributed by atoms with Gasteiger partial charge in [0.1, 0.15) is 11.1 Å². The molecule has 2 aromatic rings. The van der Waals surface area contributed by atoms with Gasteiger partial charge in [-0.25, -0.2) is 0 Å². The summed E-state index contributed by atoms with van der Waals surface area (Å²) < 4.78 is 61.2. The molecule has 158 valence electrons. The minimum atomic E-state index is -4.65. The van der Waals surface area contributed by atoms with Crippen molar-refractivity contribution < 1.29 is 31.9 Å². The Morgan fingerprint density at radius 1 is 1.17 bits per heavy atom. The average molecular weight is 472 g/mol. The molecule has 0 aliphatic heterocycles. The summed E-state index contributed by atoms with van der Waals surface area (Å²) in [5, 5.41) is 10.4.